The lowest BCUT2D eigenvalue weighted by atomic mass is 10.2. The Labute approximate surface area is 129 Å². The highest BCUT2D eigenvalue weighted by molar-refractivity contribution is 7.09. The van der Waals surface area contributed by atoms with Crippen molar-refractivity contribution in [2.24, 2.45) is 0 Å². The van der Waals surface area contributed by atoms with Gasteiger partial charge in [-0.15, -0.1) is 11.3 Å². The van der Waals surface area contributed by atoms with Crippen LogP contribution in [-0.2, 0) is 11.2 Å². The second kappa shape index (κ2) is 7.24. The fourth-order valence-electron chi connectivity index (χ4n) is 1.98. The Kier molecular flexibility index (Phi) is 5.36. The third-order valence-corrected chi connectivity index (χ3v) is 4.49. The average molecular weight is 303 g/mol. The third kappa shape index (κ3) is 4.31. The number of amides is 1. The van der Waals surface area contributed by atoms with Crippen LogP contribution < -0.4 is 11.1 Å². The summed E-state index contributed by atoms with van der Waals surface area (Å²) in [4.78, 5) is 15.6. The molecule has 3 N–H and O–H groups in total. The van der Waals surface area contributed by atoms with Gasteiger partial charge >= 0.3 is 0 Å². The predicted molar refractivity (Wildman–Crippen MR) is 89.6 cm³/mol. The van der Waals surface area contributed by atoms with Crippen LogP contribution in [0.3, 0.4) is 0 Å². The minimum atomic E-state index is -0.204. The van der Waals surface area contributed by atoms with Crippen LogP contribution in [0.2, 0.25) is 0 Å². The van der Waals surface area contributed by atoms with Crippen molar-refractivity contribution in [1.82, 2.24) is 4.90 Å². The molecule has 0 radical (unpaired) electrons. The number of hydrogen-bond acceptors (Lipinski definition) is 4. The van der Waals surface area contributed by atoms with Crippen LogP contribution in [0.4, 0.5) is 11.4 Å². The SMILES string of the molecule is CC(C(=O)Nc1ccccc1N)N(C)CCc1cccs1. The number of nitrogen functional groups attached to an aromatic ring is 1. The van der Waals surface area contributed by atoms with E-state index in [4.69, 9.17) is 5.73 Å². The van der Waals surface area contributed by atoms with Gasteiger partial charge in [0.05, 0.1) is 17.4 Å². The standard InChI is InChI=1S/C16H21N3OS/c1-12(19(2)10-9-13-6-5-11-21-13)16(20)18-15-8-4-3-7-14(15)17/h3-8,11-12H,9-10,17H2,1-2H3,(H,18,20). The van der Waals surface area contributed by atoms with E-state index in [1.54, 1.807) is 17.4 Å². The monoisotopic (exact) mass is 303 g/mol. The molecule has 0 spiro atoms. The van der Waals surface area contributed by atoms with Gasteiger partial charge in [0.15, 0.2) is 0 Å². The first-order valence-corrected chi connectivity index (χ1v) is 7.84. The first-order chi connectivity index (χ1) is 10.1. The number of carbonyl (C=O) groups excluding carboxylic acids is 1. The fourth-order valence-corrected chi connectivity index (χ4v) is 2.68. The van der Waals surface area contributed by atoms with Gasteiger partial charge in [0.1, 0.15) is 0 Å². The molecule has 5 heteroatoms. The molecule has 2 rings (SSSR count). The highest BCUT2D eigenvalue weighted by atomic mass is 32.1. The van der Waals surface area contributed by atoms with Gasteiger partial charge in [-0.1, -0.05) is 18.2 Å². The Morgan fingerprint density at radius 1 is 1.33 bits per heavy atom. The number of nitrogens with two attached hydrogens (primary N) is 1. The maximum absolute atomic E-state index is 12.3. The van der Waals surface area contributed by atoms with Gasteiger partial charge in [0, 0.05) is 11.4 Å². The topological polar surface area (TPSA) is 58.4 Å². The van der Waals surface area contributed by atoms with Crippen LogP contribution in [0.1, 0.15) is 11.8 Å². The predicted octanol–water partition coefficient (Wildman–Crippen LogP) is 2.83. The van der Waals surface area contributed by atoms with Gasteiger partial charge in [-0.2, -0.15) is 0 Å². The van der Waals surface area contributed by atoms with Crippen LogP contribution in [0.5, 0.6) is 0 Å². The Morgan fingerprint density at radius 3 is 2.76 bits per heavy atom. The largest absolute Gasteiger partial charge is 0.397 e. The average Bonchev–Trinajstić information content (AvgIpc) is 2.99. The number of carbonyl (C=O) groups is 1. The van der Waals surface area contributed by atoms with Crippen LogP contribution in [0, 0.1) is 0 Å². The van der Waals surface area contributed by atoms with Gasteiger partial charge in [-0.3, -0.25) is 9.69 Å². The number of nitrogens with zero attached hydrogens (tertiary/aromatic N) is 1. The summed E-state index contributed by atoms with van der Waals surface area (Å²) in [7, 11) is 1.96. The van der Waals surface area contributed by atoms with E-state index in [0.29, 0.717) is 11.4 Å². The van der Waals surface area contributed by atoms with Crippen molar-refractivity contribution < 1.29 is 4.79 Å². The molecule has 2 aromatic rings. The van der Waals surface area contributed by atoms with Crippen molar-refractivity contribution in [3.8, 4) is 0 Å². The lowest BCUT2D eigenvalue weighted by Crippen LogP contribution is -2.40. The molecule has 1 amide bonds. The normalized spacial score (nSPS) is 12.3. The Bertz CT molecular complexity index is 583. The molecule has 1 heterocycles. The molecule has 0 aliphatic heterocycles. The van der Waals surface area contributed by atoms with E-state index in [2.05, 4.69) is 16.8 Å². The number of likely N-dealkylation sites (N-methyl/N-ethyl adjacent to an activating group) is 1. The molecule has 1 aromatic carbocycles. The van der Waals surface area contributed by atoms with Crippen molar-refractivity contribution in [2.45, 2.75) is 19.4 Å². The molecule has 1 aromatic heterocycles. The van der Waals surface area contributed by atoms with Crippen molar-refractivity contribution in [3.05, 3.63) is 46.7 Å². The highest BCUT2D eigenvalue weighted by Crippen LogP contribution is 2.17. The summed E-state index contributed by atoms with van der Waals surface area (Å²) in [6.07, 6.45) is 0.958. The van der Waals surface area contributed by atoms with Gasteiger partial charge in [-0.25, -0.2) is 0 Å². The van der Waals surface area contributed by atoms with Crippen molar-refractivity contribution >= 4 is 28.6 Å². The van der Waals surface area contributed by atoms with Gasteiger partial charge < -0.3 is 11.1 Å². The fraction of sp³-hybridized carbons (Fsp3) is 0.312. The molecule has 21 heavy (non-hydrogen) atoms. The highest BCUT2D eigenvalue weighted by Gasteiger charge is 2.18. The van der Waals surface area contributed by atoms with E-state index >= 15 is 0 Å². The zero-order valence-electron chi connectivity index (χ0n) is 12.4. The minimum Gasteiger partial charge on any atom is -0.397 e. The first kappa shape index (κ1) is 15.5. The summed E-state index contributed by atoms with van der Waals surface area (Å²) in [5.41, 5.74) is 7.09. The minimum absolute atomic E-state index is 0.0402. The number of rotatable bonds is 6. The zero-order valence-corrected chi connectivity index (χ0v) is 13.2. The van der Waals surface area contributed by atoms with Crippen LogP contribution in [-0.4, -0.2) is 30.4 Å². The quantitative estimate of drug-likeness (QED) is 0.807. The Balaban J connectivity index is 1.88. The molecular weight excluding hydrogens is 282 g/mol. The van der Waals surface area contributed by atoms with E-state index < -0.39 is 0 Å². The summed E-state index contributed by atoms with van der Waals surface area (Å²) >= 11 is 1.75. The summed E-state index contributed by atoms with van der Waals surface area (Å²) < 4.78 is 0. The number of benzene rings is 1. The number of hydrogen-bond donors (Lipinski definition) is 2. The molecule has 0 aliphatic rings. The van der Waals surface area contributed by atoms with Gasteiger partial charge in [0.25, 0.3) is 0 Å². The molecule has 1 atom stereocenters. The van der Waals surface area contributed by atoms with E-state index in [9.17, 15) is 4.79 Å². The smallest absolute Gasteiger partial charge is 0.241 e. The molecule has 0 fully saturated rings. The third-order valence-electron chi connectivity index (χ3n) is 3.55. The second-order valence-electron chi connectivity index (χ2n) is 5.06. The molecule has 1 unspecified atom stereocenters. The maximum atomic E-state index is 12.3. The summed E-state index contributed by atoms with van der Waals surface area (Å²) in [5.74, 6) is -0.0402. The molecule has 0 saturated heterocycles. The molecule has 112 valence electrons. The van der Waals surface area contributed by atoms with E-state index in [1.807, 2.05) is 43.1 Å². The van der Waals surface area contributed by atoms with Crippen LogP contribution in [0.25, 0.3) is 0 Å². The number of thiophene rings is 1. The Hall–Kier alpha value is -1.85. The lowest BCUT2D eigenvalue weighted by Gasteiger charge is -2.23. The van der Waals surface area contributed by atoms with Crippen molar-refractivity contribution in [2.75, 3.05) is 24.6 Å². The van der Waals surface area contributed by atoms with Crippen LogP contribution in [0.15, 0.2) is 41.8 Å². The van der Waals surface area contributed by atoms with E-state index in [1.165, 1.54) is 4.88 Å². The zero-order chi connectivity index (χ0) is 15.2. The van der Waals surface area contributed by atoms with E-state index in [-0.39, 0.29) is 11.9 Å². The van der Waals surface area contributed by atoms with Crippen molar-refractivity contribution in [3.63, 3.8) is 0 Å². The molecule has 0 saturated carbocycles. The number of nitrogens with one attached hydrogen (secondary N) is 1. The molecule has 0 aliphatic carbocycles. The summed E-state index contributed by atoms with van der Waals surface area (Å²) in [6.45, 7) is 2.75. The number of anilines is 2. The van der Waals surface area contributed by atoms with Crippen LogP contribution >= 0.6 is 11.3 Å². The van der Waals surface area contributed by atoms with Crippen molar-refractivity contribution in [1.29, 1.82) is 0 Å². The Morgan fingerprint density at radius 2 is 2.10 bits per heavy atom. The number of para-hydroxylation sites is 2. The maximum Gasteiger partial charge on any atom is 0.241 e. The lowest BCUT2D eigenvalue weighted by molar-refractivity contribution is -0.120. The van der Waals surface area contributed by atoms with Gasteiger partial charge in [-0.05, 0) is 44.0 Å². The van der Waals surface area contributed by atoms with Gasteiger partial charge in [0.2, 0.25) is 5.91 Å². The van der Waals surface area contributed by atoms with E-state index in [0.717, 1.165) is 13.0 Å². The summed E-state index contributed by atoms with van der Waals surface area (Å²) in [6, 6.07) is 11.3. The first-order valence-electron chi connectivity index (χ1n) is 6.96. The molecular formula is C16H21N3OS. The second-order valence-corrected chi connectivity index (χ2v) is 6.09. The summed E-state index contributed by atoms with van der Waals surface area (Å²) in [5, 5.41) is 4.95. The molecule has 4 nitrogen and oxygen atoms in total. The molecule has 0 bridgehead atoms.